The lowest BCUT2D eigenvalue weighted by molar-refractivity contribution is 1.39. The van der Waals surface area contributed by atoms with Crippen molar-refractivity contribution in [3.8, 4) is 0 Å². The van der Waals surface area contributed by atoms with Crippen molar-refractivity contribution >= 4 is 34.1 Å². The molecule has 0 bridgehead atoms. The Morgan fingerprint density at radius 1 is 1.23 bits per heavy atom. The predicted molar refractivity (Wildman–Crippen MR) is 54.6 cm³/mol. The molecule has 1 heterocycles. The number of aromatic amines is 1. The van der Waals surface area contributed by atoms with Crippen LogP contribution in [0, 0.1) is 0 Å². The van der Waals surface area contributed by atoms with Crippen LogP contribution in [0.25, 0.3) is 10.9 Å². The second-order valence-electron chi connectivity index (χ2n) is 2.66. The topological polar surface area (TPSA) is 32.9 Å². The van der Waals surface area contributed by atoms with Crippen molar-refractivity contribution in [3.05, 3.63) is 44.7 Å². The smallest absolute Gasteiger partial charge is 0.207 e. The van der Waals surface area contributed by atoms with E-state index in [2.05, 4.69) is 4.98 Å². The summed E-state index contributed by atoms with van der Waals surface area (Å²) in [6, 6.07) is 5.06. The lowest BCUT2D eigenvalue weighted by Gasteiger charge is -1.97. The predicted octanol–water partition coefficient (Wildman–Crippen LogP) is 2.83. The molecule has 2 rings (SSSR count). The molecule has 13 heavy (non-hydrogen) atoms. The maximum atomic E-state index is 11.5. The molecular weight excluding hydrogens is 209 g/mol. The molecule has 2 aromatic rings. The SMILES string of the molecule is O=c1c(Cl)c[nH]c2ccc(Cl)cc12. The molecule has 4 heteroatoms. The lowest BCUT2D eigenvalue weighted by atomic mass is 10.2. The quantitative estimate of drug-likeness (QED) is 0.718. The Hall–Kier alpha value is -0.990. The minimum Gasteiger partial charge on any atom is -0.360 e. The minimum absolute atomic E-state index is 0.176. The number of fused-ring (bicyclic) bond motifs is 1. The summed E-state index contributed by atoms with van der Waals surface area (Å²) in [5.74, 6) is 0. The first-order valence-electron chi connectivity index (χ1n) is 3.65. The molecule has 0 unspecified atom stereocenters. The van der Waals surface area contributed by atoms with Gasteiger partial charge in [0.2, 0.25) is 5.43 Å². The van der Waals surface area contributed by atoms with Crippen LogP contribution in [0.4, 0.5) is 0 Å². The molecule has 0 radical (unpaired) electrons. The van der Waals surface area contributed by atoms with E-state index in [0.29, 0.717) is 10.4 Å². The van der Waals surface area contributed by atoms with E-state index >= 15 is 0 Å². The van der Waals surface area contributed by atoms with Gasteiger partial charge in [-0.3, -0.25) is 4.79 Å². The first kappa shape index (κ1) is 8.60. The summed E-state index contributed by atoms with van der Waals surface area (Å²) in [5, 5.41) is 1.22. The molecule has 0 amide bonds. The van der Waals surface area contributed by atoms with Gasteiger partial charge in [0.25, 0.3) is 0 Å². The molecule has 0 atom stereocenters. The van der Waals surface area contributed by atoms with Crippen LogP contribution < -0.4 is 5.43 Å². The third-order valence-electron chi connectivity index (χ3n) is 1.80. The lowest BCUT2D eigenvalue weighted by Crippen LogP contribution is -2.02. The minimum atomic E-state index is -0.196. The highest BCUT2D eigenvalue weighted by Crippen LogP contribution is 2.15. The molecule has 0 saturated heterocycles. The fourth-order valence-electron chi connectivity index (χ4n) is 1.17. The van der Waals surface area contributed by atoms with Gasteiger partial charge in [-0.05, 0) is 18.2 Å². The van der Waals surface area contributed by atoms with Gasteiger partial charge < -0.3 is 4.98 Å². The first-order valence-corrected chi connectivity index (χ1v) is 4.40. The Morgan fingerprint density at radius 2 is 2.00 bits per heavy atom. The van der Waals surface area contributed by atoms with Gasteiger partial charge in [-0.15, -0.1) is 0 Å². The van der Waals surface area contributed by atoms with Crippen LogP contribution in [0.2, 0.25) is 10.0 Å². The summed E-state index contributed by atoms with van der Waals surface area (Å²) in [7, 11) is 0. The average molecular weight is 214 g/mol. The van der Waals surface area contributed by atoms with Crippen LogP contribution in [0.15, 0.2) is 29.2 Å². The number of hydrogen-bond donors (Lipinski definition) is 1. The van der Waals surface area contributed by atoms with Gasteiger partial charge in [0.15, 0.2) is 0 Å². The van der Waals surface area contributed by atoms with Crippen LogP contribution in [0.5, 0.6) is 0 Å². The number of pyridine rings is 1. The summed E-state index contributed by atoms with van der Waals surface area (Å²) < 4.78 is 0. The Morgan fingerprint density at radius 3 is 2.77 bits per heavy atom. The van der Waals surface area contributed by atoms with E-state index in [0.717, 1.165) is 5.52 Å². The fraction of sp³-hybridized carbons (Fsp3) is 0. The van der Waals surface area contributed by atoms with E-state index in [9.17, 15) is 4.79 Å². The Bertz CT molecular complexity index is 513. The third-order valence-corrected chi connectivity index (χ3v) is 2.31. The van der Waals surface area contributed by atoms with E-state index in [-0.39, 0.29) is 10.5 Å². The van der Waals surface area contributed by atoms with Gasteiger partial charge in [0, 0.05) is 22.1 Å². The molecule has 0 aliphatic carbocycles. The normalized spacial score (nSPS) is 10.6. The van der Waals surface area contributed by atoms with Gasteiger partial charge in [0.1, 0.15) is 5.02 Å². The Labute approximate surface area is 84.1 Å². The first-order chi connectivity index (χ1) is 6.18. The molecular formula is C9H5Cl2NO. The van der Waals surface area contributed by atoms with E-state index in [1.165, 1.54) is 6.20 Å². The average Bonchev–Trinajstić information content (AvgIpc) is 2.12. The molecule has 0 aliphatic heterocycles. The summed E-state index contributed by atoms with van der Waals surface area (Å²) >= 11 is 11.4. The van der Waals surface area contributed by atoms with Gasteiger partial charge in [0.05, 0.1) is 0 Å². The summed E-state index contributed by atoms with van der Waals surface area (Å²) in [4.78, 5) is 14.4. The van der Waals surface area contributed by atoms with E-state index in [1.807, 2.05) is 0 Å². The number of rotatable bonds is 0. The van der Waals surface area contributed by atoms with Crippen LogP contribution in [-0.2, 0) is 0 Å². The molecule has 0 fully saturated rings. The highest BCUT2D eigenvalue weighted by molar-refractivity contribution is 6.32. The fourth-order valence-corrected chi connectivity index (χ4v) is 1.49. The third kappa shape index (κ3) is 1.43. The number of benzene rings is 1. The summed E-state index contributed by atoms with van der Waals surface area (Å²) in [5.41, 5.74) is 0.539. The van der Waals surface area contributed by atoms with E-state index < -0.39 is 0 Å². The second kappa shape index (κ2) is 3.05. The largest absolute Gasteiger partial charge is 0.360 e. The van der Waals surface area contributed by atoms with Gasteiger partial charge in [-0.2, -0.15) is 0 Å². The molecule has 0 spiro atoms. The zero-order chi connectivity index (χ0) is 9.42. The standard InChI is InChI=1S/C9H5Cl2NO/c10-5-1-2-8-6(3-5)9(13)7(11)4-12-8/h1-4H,(H,12,13). The highest BCUT2D eigenvalue weighted by atomic mass is 35.5. The maximum absolute atomic E-state index is 11.5. The van der Waals surface area contributed by atoms with Crippen LogP contribution >= 0.6 is 23.2 Å². The van der Waals surface area contributed by atoms with E-state index in [4.69, 9.17) is 23.2 Å². The maximum Gasteiger partial charge on any atom is 0.207 e. The highest BCUT2D eigenvalue weighted by Gasteiger charge is 2.02. The number of nitrogens with one attached hydrogen (secondary N) is 1. The number of halogens is 2. The van der Waals surface area contributed by atoms with Crippen molar-refractivity contribution in [3.63, 3.8) is 0 Å². The zero-order valence-corrected chi connectivity index (χ0v) is 7.99. The number of hydrogen-bond acceptors (Lipinski definition) is 1. The summed E-state index contributed by atoms with van der Waals surface area (Å²) in [6.07, 6.45) is 1.47. The molecule has 1 N–H and O–H groups in total. The monoisotopic (exact) mass is 213 g/mol. The van der Waals surface area contributed by atoms with Crippen LogP contribution in [0.1, 0.15) is 0 Å². The molecule has 0 saturated carbocycles. The molecule has 1 aromatic carbocycles. The Kier molecular flexibility index (Phi) is 2.02. The van der Waals surface area contributed by atoms with Crippen LogP contribution in [0.3, 0.4) is 0 Å². The van der Waals surface area contributed by atoms with Gasteiger partial charge in [-0.1, -0.05) is 23.2 Å². The van der Waals surface area contributed by atoms with Crippen molar-refractivity contribution in [2.24, 2.45) is 0 Å². The van der Waals surface area contributed by atoms with Crippen molar-refractivity contribution < 1.29 is 0 Å². The zero-order valence-electron chi connectivity index (χ0n) is 6.47. The van der Waals surface area contributed by atoms with Crippen molar-refractivity contribution in [2.75, 3.05) is 0 Å². The van der Waals surface area contributed by atoms with Crippen molar-refractivity contribution in [1.82, 2.24) is 4.98 Å². The van der Waals surface area contributed by atoms with Crippen molar-refractivity contribution in [1.29, 1.82) is 0 Å². The van der Waals surface area contributed by atoms with Crippen molar-refractivity contribution in [2.45, 2.75) is 0 Å². The molecule has 1 aromatic heterocycles. The molecule has 0 aliphatic rings. The van der Waals surface area contributed by atoms with E-state index in [1.54, 1.807) is 18.2 Å². The van der Waals surface area contributed by atoms with Gasteiger partial charge in [-0.25, -0.2) is 0 Å². The Balaban J connectivity index is 2.97. The molecule has 2 nitrogen and oxygen atoms in total. The second-order valence-corrected chi connectivity index (χ2v) is 3.50. The van der Waals surface area contributed by atoms with Gasteiger partial charge >= 0.3 is 0 Å². The number of H-pyrrole nitrogens is 1. The summed E-state index contributed by atoms with van der Waals surface area (Å²) in [6.45, 7) is 0. The molecule has 66 valence electrons. The number of aromatic nitrogens is 1. The van der Waals surface area contributed by atoms with Crippen LogP contribution in [-0.4, -0.2) is 4.98 Å².